The van der Waals surface area contributed by atoms with Crippen LogP contribution in [0.15, 0.2) is 11.4 Å². The molecule has 140 valence electrons. The maximum atomic E-state index is 11.5. The van der Waals surface area contributed by atoms with Crippen molar-refractivity contribution in [3.63, 3.8) is 0 Å². The fraction of sp³-hybridized carbons (Fsp3) is 0.750. The zero-order valence-electron chi connectivity index (χ0n) is 15.8. The van der Waals surface area contributed by atoms with Crippen LogP contribution in [0.3, 0.4) is 0 Å². The van der Waals surface area contributed by atoms with Gasteiger partial charge in [-0.2, -0.15) is 0 Å². The lowest BCUT2D eigenvalue weighted by atomic mass is 9.98. The molecule has 0 saturated carbocycles. The fourth-order valence-electron chi connectivity index (χ4n) is 4.37. The molecular formula is C20H33N3OS. The van der Waals surface area contributed by atoms with Crippen LogP contribution in [0.25, 0.3) is 0 Å². The van der Waals surface area contributed by atoms with E-state index in [9.17, 15) is 4.79 Å². The van der Waals surface area contributed by atoms with Gasteiger partial charge in [-0.25, -0.2) is 0 Å². The third-order valence-corrected chi connectivity index (χ3v) is 6.48. The van der Waals surface area contributed by atoms with Gasteiger partial charge in [-0.15, -0.1) is 11.3 Å². The molecule has 25 heavy (non-hydrogen) atoms. The van der Waals surface area contributed by atoms with Crippen LogP contribution in [0, 0.1) is 5.92 Å². The van der Waals surface area contributed by atoms with Crippen molar-refractivity contribution in [3.8, 4) is 0 Å². The molecule has 1 aromatic heterocycles. The summed E-state index contributed by atoms with van der Waals surface area (Å²) in [7, 11) is 0. The molecule has 1 N–H and O–H groups in total. The monoisotopic (exact) mass is 363 g/mol. The number of nitrogens with one attached hydrogen (secondary N) is 1. The fourth-order valence-corrected chi connectivity index (χ4v) is 5.29. The van der Waals surface area contributed by atoms with E-state index in [1.165, 1.54) is 55.6 Å². The quantitative estimate of drug-likeness (QED) is 0.806. The van der Waals surface area contributed by atoms with Crippen molar-refractivity contribution in [1.82, 2.24) is 15.1 Å². The summed E-state index contributed by atoms with van der Waals surface area (Å²) in [6.45, 7) is 10.6. The van der Waals surface area contributed by atoms with Gasteiger partial charge in [0.15, 0.2) is 0 Å². The Morgan fingerprint density at radius 3 is 2.72 bits per heavy atom. The molecular weight excluding hydrogens is 330 g/mol. The SMILES string of the molecule is CCC[C@@H]1CN(Cc2cc(CN3CCCCC3)cs2)C[C@H]1NC(C)=O. The Morgan fingerprint density at radius 1 is 1.20 bits per heavy atom. The third-order valence-electron chi connectivity index (χ3n) is 5.51. The molecule has 0 radical (unpaired) electrons. The maximum Gasteiger partial charge on any atom is 0.217 e. The molecule has 3 rings (SSSR count). The van der Waals surface area contributed by atoms with Crippen LogP contribution < -0.4 is 5.32 Å². The predicted octanol–water partition coefficient (Wildman–Crippen LogP) is 3.47. The number of piperidine rings is 1. The summed E-state index contributed by atoms with van der Waals surface area (Å²) in [4.78, 5) is 18.1. The van der Waals surface area contributed by atoms with Gasteiger partial charge in [0.25, 0.3) is 0 Å². The molecule has 1 amide bonds. The zero-order valence-corrected chi connectivity index (χ0v) is 16.6. The van der Waals surface area contributed by atoms with E-state index in [0.29, 0.717) is 12.0 Å². The largest absolute Gasteiger partial charge is 0.352 e. The van der Waals surface area contributed by atoms with Gasteiger partial charge in [0.2, 0.25) is 5.91 Å². The summed E-state index contributed by atoms with van der Waals surface area (Å²) in [6.07, 6.45) is 6.50. The number of rotatable bonds is 7. The molecule has 3 heterocycles. The van der Waals surface area contributed by atoms with E-state index in [1.54, 1.807) is 6.92 Å². The maximum absolute atomic E-state index is 11.5. The van der Waals surface area contributed by atoms with Crippen LogP contribution in [0.1, 0.15) is 56.4 Å². The number of amides is 1. The number of carbonyl (C=O) groups is 1. The molecule has 4 nitrogen and oxygen atoms in total. The van der Waals surface area contributed by atoms with Crippen molar-refractivity contribution >= 4 is 17.2 Å². The third kappa shape index (κ3) is 5.53. The van der Waals surface area contributed by atoms with E-state index >= 15 is 0 Å². The highest BCUT2D eigenvalue weighted by atomic mass is 32.1. The second-order valence-electron chi connectivity index (χ2n) is 7.81. The Kier molecular flexibility index (Phi) is 6.91. The van der Waals surface area contributed by atoms with E-state index in [0.717, 1.165) is 26.2 Å². The number of carbonyl (C=O) groups excluding carboxylic acids is 1. The summed E-state index contributed by atoms with van der Waals surface area (Å²) in [6, 6.07) is 2.73. The Balaban J connectivity index is 1.52. The van der Waals surface area contributed by atoms with Gasteiger partial charge in [-0.1, -0.05) is 19.8 Å². The molecule has 0 aromatic carbocycles. The topological polar surface area (TPSA) is 35.6 Å². The first-order valence-electron chi connectivity index (χ1n) is 9.92. The second kappa shape index (κ2) is 9.15. The van der Waals surface area contributed by atoms with Crippen molar-refractivity contribution in [2.24, 2.45) is 5.92 Å². The Morgan fingerprint density at radius 2 is 2.00 bits per heavy atom. The molecule has 0 bridgehead atoms. The van der Waals surface area contributed by atoms with Crippen molar-refractivity contribution in [2.45, 2.75) is 65.1 Å². The van der Waals surface area contributed by atoms with Gasteiger partial charge in [0.1, 0.15) is 0 Å². The molecule has 5 heteroatoms. The summed E-state index contributed by atoms with van der Waals surface area (Å²) >= 11 is 1.90. The first-order chi connectivity index (χ1) is 12.1. The van der Waals surface area contributed by atoms with Crippen molar-refractivity contribution < 1.29 is 4.79 Å². The number of likely N-dealkylation sites (tertiary alicyclic amines) is 2. The molecule has 2 saturated heterocycles. The molecule has 0 aliphatic carbocycles. The minimum atomic E-state index is 0.105. The molecule has 2 aliphatic heterocycles. The van der Waals surface area contributed by atoms with Gasteiger partial charge in [0, 0.05) is 44.0 Å². The summed E-state index contributed by atoms with van der Waals surface area (Å²) in [5, 5.41) is 5.51. The molecule has 0 unspecified atom stereocenters. The van der Waals surface area contributed by atoms with E-state index in [2.05, 4.69) is 33.5 Å². The lowest BCUT2D eigenvalue weighted by Crippen LogP contribution is -2.39. The van der Waals surface area contributed by atoms with Crippen molar-refractivity contribution in [2.75, 3.05) is 26.2 Å². The first-order valence-corrected chi connectivity index (χ1v) is 10.8. The Labute approximate surface area is 156 Å². The standard InChI is InChI=1S/C20H33N3OS/c1-3-7-18-12-23(14-20(18)21-16(2)24)13-19-10-17(15-25-19)11-22-8-5-4-6-9-22/h10,15,18,20H,3-9,11-14H2,1-2H3,(H,21,24)/t18-,20-/m1/s1. The molecule has 0 spiro atoms. The second-order valence-corrected chi connectivity index (χ2v) is 8.80. The van der Waals surface area contributed by atoms with Crippen molar-refractivity contribution in [1.29, 1.82) is 0 Å². The first kappa shape index (κ1) is 18.9. The molecule has 2 atom stereocenters. The number of hydrogen-bond acceptors (Lipinski definition) is 4. The molecule has 2 aliphatic rings. The van der Waals surface area contributed by atoms with E-state index in [4.69, 9.17) is 0 Å². The van der Waals surface area contributed by atoms with Crippen LogP contribution in [0.5, 0.6) is 0 Å². The minimum absolute atomic E-state index is 0.105. The van der Waals surface area contributed by atoms with Crippen LogP contribution in [0.4, 0.5) is 0 Å². The Hall–Kier alpha value is -0.910. The van der Waals surface area contributed by atoms with Gasteiger partial charge in [-0.05, 0) is 55.3 Å². The highest BCUT2D eigenvalue weighted by Crippen LogP contribution is 2.26. The van der Waals surface area contributed by atoms with Crippen LogP contribution in [-0.4, -0.2) is 47.9 Å². The number of nitrogens with zero attached hydrogens (tertiary/aromatic N) is 2. The smallest absolute Gasteiger partial charge is 0.217 e. The Bertz CT molecular complexity index is 553. The van der Waals surface area contributed by atoms with E-state index in [1.807, 2.05) is 11.3 Å². The van der Waals surface area contributed by atoms with Crippen LogP contribution in [0.2, 0.25) is 0 Å². The molecule has 2 fully saturated rings. The summed E-state index contributed by atoms with van der Waals surface area (Å²) in [5.74, 6) is 0.703. The minimum Gasteiger partial charge on any atom is -0.352 e. The number of thiophene rings is 1. The highest BCUT2D eigenvalue weighted by molar-refractivity contribution is 7.10. The van der Waals surface area contributed by atoms with Gasteiger partial charge >= 0.3 is 0 Å². The van der Waals surface area contributed by atoms with Gasteiger partial charge in [0.05, 0.1) is 0 Å². The van der Waals surface area contributed by atoms with E-state index in [-0.39, 0.29) is 5.91 Å². The summed E-state index contributed by atoms with van der Waals surface area (Å²) in [5.41, 5.74) is 1.48. The van der Waals surface area contributed by atoms with Crippen LogP contribution >= 0.6 is 11.3 Å². The van der Waals surface area contributed by atoms with Crippen LogP contribution in [-0.2, 0) is 17.9 Å². The predicted molar refractivity (Wildman–Crippen MR) is 105 cm³/mol. The normalized spacial score (nSPS) is 25.4. The number of hydrogen-bond donors (Lipinski definition) is 1. The lowest BCUT2D eigenvalue weighted by molar-refractivity contribution is -0.119. The lowest BCUT2D eigenvalue weighted by Gasteiger charge is -2.25. The summed E-state index contributed by atoms with van der Waals surface area (Å²) < 4.78 is 0. The van der Waals surface area contributed by atoms with Gasteiger partial charge < -0.3 is 5.32 Å². The molecule has 1 aromatic rings. The van der Waals surface area contributed by atoms with Gasteiger partial charge in [-0.3, -0.25) is 14.6 Å². The average Bonchev–Trinajstić information content (AvgIpc) is 3.16. The zero-order chi connectivity index (χ0) is 17.6. The highest BCUT2D eigenvalue weighted by Gasteiger charge is 2.32. The van der Waals surface area contributed by atoms with Crippen molar-refractivity contribution in [3.05, 3.63) is 21.9 Å². The van der Waals surface area contributed by atoms with E-state index < -0.39 is 0 Å². The average molecular weight is 364 g/mol.